The maximum atomic E-state index is 13.0. The molecule has 4 nitrogen and oxygen atoms in total. The molecule has 0 fully saturated rings. The molecule has 7 heteroatoms. The Morgan fingerprint density at radius 3 is 2.62 bits per heavy atom. The number of anilines is 1. The number of ether oxygens (including phenoxy) is 1. The summed E-state index contributed by atoms with van der Waals surface area (Å²) >= 11 is 0. The molecule has 1 aromatic rings. The number of hydrogen-bond donors (Lipinski definition) is 2. The van der Waals surface area contributed by atoms with E-state index in [1.807, 2.05) is 0 Å². The molecule has 1 amide bonds. The molecule has 1 rings (SSSR count). The molecule has 0 aliphatic heterocycles. The van der Waals surface area contributed by atoms with Crippen molar-refractivity contribution in [2.45, 2.75) is 38.6 Å². The fraction of sp³-hybridized carbons (Fsp3) is 0.500. The summed E-state index contributed by atoms with van der Waals surface area (Å²) in [6.45, 7) is 1.78. The molecule has 0 saturated heterocycles. The Kier molecular flexibility index (Phi) is 6.17. The highest BCUT2D eigenvalue weighted by Crippen LogP contribution is 2.35. The molecule has 21 heavy (non-hydrogen) atoms. The van der Waals surface area contributed by atoms with Gasteiger partial charge in [-0.05, 0) is 31.0 Å². The van der Waals surface area contributed by atoms with Crippen LogP contribution in [-0.2, 0) is 22.3 Å². The van der Waals surface area contributed by atoms with Crippen LogP contribution < -0.4 is 11.1 Å². The molecule has 0 aliphatic carbocycles. The largest absolute Gasteiger partial charge is 0.418 e. The van der Waals surface area contributed by atoms with E-state index in [0.717, 1.165) is 6.07 Å². The first-order chi connectivity index (χ1) is 9.77. The molecule has 1 unspecified atom stereocenters. The zero-order chi connectivity index (χ0) is 16.0. The molecule has 1 aromatic carbocycles. The monoisotopic (exact) mass is 304 g/mol. The average Bonchev–Trinajstić information content (AvgIpc) is 2.44. The van der Waals surface area contributed by atoms with E-state index in [9.17, 15) is 18.0 Å². The summed E-state index contributed by atoms with van der Waals surface area (Å²) in [7, 11) is 1.51. The van der Waals surface area contributed by atoms with E-state index in [1.54, 1.807) is 6.92 Å². The van der Waals surface area contributed by atoms with E-state index in [4.69, 9.17) is 10.5 Å². The van der Waals surface area contributed by atoms with Crippen LogP contribution in [0.4, 0.5) is 18.9 Å². The van der Waals surface area contributed by atoms with E-state index in [-0.39, 0.29) is 24.8 Å². The second kappa shape index (κ2) is 7.42. The van der Waals surface area contributed by atoms with Crippen LogP contribution in [0, 0.1) is 0 Å². The van der Waals surface area contributed by atoms with Crippen LogP contribution in [0.5, 0.6) is 0 Å². The van der Waals surface area contributed by atoms with Crippen molar-refractivity contribution in [2.24, 2.45) is 5.73 Å². The maximum Gasteiger partial charge on any atom is 0.418 e. The van der Waals surface area contributed by atoms with Crippen LogP contribution in [0.3, 0.4) is 0 Å². The summed E-state index contributed by atoms with van der Waals surface area (Å²) in [6.07, 6.45) is -4.15. The number of benzene rings is 1. The molecule has 0 bridgehead atoms. The number of alkyl halides is 3. The highest BCUT2D eigenvalue weighted by molar-refractivity contribution is 5.91. The number of rotatable bonds is 6. The van der Waals surface area contributed by atoms with Gasteiger partial charge in [-0.2, -0.15) is 13.2 Å². The van der Waals surface area contributed by atoms with Gasteiger partial charge in [-0.25, -0.2) is 0 Å². The third-order valence-electron chi connectivity index (χ3n) is 3.08. The van der Waals surface area contributed by atoms with Gasteiger partial charge in [0.25, 0.3) is 0 Å². The third-order valence-corrected chi connectivity index (χ3v) is 3.08. The van der Waals surface area contributed by atoms with Gasteiger partial charge in [-0.1, -0.05) is 6.07 Å². The molecule has 0 spiro atoms. The van der Waals surface area contributed by atoms with Gasteiger partial charge in [0.1, 0.15) is 0 Å². The minimum atomic E-state index is -4.55. The van der Waals surface area contributed by atoms with Gasteiger partial charge in [0.05, 0.1) is 17.4 Å². The van der Waals surface area contributed by atoms with Crippen molar-refractivity contribution in [3.8, 4) is 0 Å². The Morgan fingerprint density at radius 2 is 2.10 bits per heavy atom. The summed E-state index contributed by atoms with van der Waals surface area (Å²) in [6, 6.07) is 3.64. The van der Waals surface area contributed by atoms with Gasteiger partial charge in [-0.15, -0.1) is 0 Å². The number of nitrogens with two attached hydrogens (primary N) is 1. The first kappa shape index (κ1) is 17.5. The Balaban J connectivity index is 2.85. The number of halogens is 3. The Hall–Kier alpha value is -1.60. The Labute approximate surface area is 121 Å². The SMILES string of the molecule is COC(C)CCC(=O)Nc1ccc(CN)cc1C(F)(F)F. The fourth-order valence-electron chi connectivity index (χ4n) is 1.73. The third kappa shape index (κ3) is 5.35. The lowest BCUT2D eigenvalue weighted by atomic mass is 10.1. The van der Waals surface area contributed by atoms with Crippen LogP contribution >= 0.6 is 0 Å². The van der Waals surface area contributed by atoms with E-state index >= 15 is 0 Å². The molecule has 118 valence electrons. The fourth-order valence-corrected chi connectivity index (χ4v) is 1.73. The topological polar surface area (TPSA) is 64.3 Å². The van der Waals surface area contributed by atoms with Gasteiger partial charge in [0.15, 0.2) is 0 Å². The van der Waals surface area contributed by atoms with Crippen molar-refractivity contribution in [3.05, 3.63) is 29.3 Å². The first-order valence-corrected chi connectivity index (χ1v) is 6.50. The zero-order valence-electron chi connectivity index (χ0n) is 12.0. The Bertz CT molecular complexity index is 490. The number of methoxy groups -OCH3 is 1. The maximum absolute atomic E-state index is 13.0. The van der Waals surface area contributed by atoms with E-state index < -0.39 is 17.6 Å². The molecular formula is C14H19F3N2O2. The highest BCUT2D eigenvalue weighted by atomic mass is 19.4. The quantitative estimate of drug-likeness (QED) is 0.849. The van der Waals surface area contributed by atoms with Crippen molar-refractivity contribution >= 4 is 11.6 Å². The number of nitrogens with one attached hydrogen (secondary N) is 1. The van der Waals surface area contributed by atoms with Crippen LogP contribution in [0.15, 0.2) is 18.2 Å². The molecule has 0 aromatic heterocycles. The smallest absolute Gasteiger partial charge is 0.382 e. The number of amides is 1. The molecule has 3 N–H and O–H groups in total. The predicted octanol–water partition coefficient (Wildman–Crippen LogP) is 2.92. The number of carbonyl (C=O) groups excluding carboxylic acids is 1. The van der Waals surface area contributed by atoms with Gasteiger partial charge in [-0.3, -0.25) is 4.79 Å². The van der Waals surface area contributed by atoms with Crippen molar-refractivity contribution in [1.82, 2.24) is 0 Å². The predicted molar refractivity (Wildman–Crippen MR) is 73.7 cm³/mol. The summed E-state index contributed by atoms with van der Waals surface area (Å²) in [5, 5.41) is 2.29. The highest BCUT2D eigenvalue weighted by Gasteiger charge is 2.34. The molecule has 0 saturated carbocycles. The summed E-state index contributed by atoms with van der Waals surface area (Å²) in [5.74, 6) is -0.482. The van der Waals surface area contributed by atoms with E-state index in [1.165, 1.54) is 19.2 Å². The van der Waals surface area contributed by atoms with Gasteiger partial charge < -0.3 is 15.8 Å². The lowest BCUT2D eigenvalue weighted by molar-refractivity contribution is -0.137. The van der Waals surface area contributed by atoms with Crippen molar-refractivity contribution < 1.29 is 22.7 Å². The second-order valence-corrected chi connectivity index (χ2v) is 4.71. The van der Waals surface area contributed by atoms with Gasteiger partial charge in [0.2, 0.25) is 5.91 Å². The lowest BCUT2D eigenvalue weighted by Crippen LogP contribution is -2.18. The number of hydrogen-bond acceptors (Lipinski definition) is 3. The second-order valence-electron chi connectivity index (χ2n) is 4.71. The van der Waals surface area contributed by atoms with E-state index in [2.05, 4.69) is 5.32 Å². The normalized spacial score (nSPS) is 13.0. The Morgan fingerprint density at radius 1 is 1.43 bits per heavy atom. The van der Waals surface area contributed by atoms with Crippen LogP contribution in [0.2, 0.25) is 0 Å². The zero-order valence-corrected chi connectivity index (χ0v) is 12.0. The average molecular weight is 304 g/mol. The first-order valence-electron chi connectivity index (χ1n) is 6.50. The summed E-state index contributed by atoms with van der Waals surface area (Å²) < 4.78 is 43.9. The standard InChI is InChI=1S/C14H19F3N2O2/c1-9(21-2)3-6-13(20)19-12-5-4-10(8-18)7-11(12)14(15,16)17/h4-5,7,9H,3,6,8,18H2,1-2H3,(H,19,20). The summed E-state index contributed by atoms with van der Waals surface area (Å²) in [4.78, 5) is 11.7. The minimum absolute atomic E-state index is 0.00264. The van der Waals surface area contributed by atoms with Crippen LogP contribution in [0.1, 0.15) is 30.9 Å². The lowest BCUT2D eigenvalue weighted by Gasteiger charge is -2.15. The van der Waals surface area contributed by atoms with Gasteiger partial charge in [0, 0.05) is 20.1 Å². The molecule has 0 aliphatic rings. The molecular weight excluding hydrogens is 285 g/mol. The van der Waals surface area contributed by atoms with Crippen molar-refractivity contribution in [1.29, 1.82) is 0 Å². The number of carbonyl (C=O) groups is 1. The van der Waals surface area contributed by atoms with Crippen molar-refractivity contribution in [2.75, 3.05) is 12.4 Å². The minimum Gasteiger partial charge on any atom is -0.382 e. The van der Waals surface area contributed by atoms with E-state index in [0.29, 0.717) is 12.0 Å². The molecule has 1 atom stereocenters. The molecule has 0 radical (unpaired) electrons. The van der Waals surface area contributed by atoms with Gasteiger partial charge >= 0.3 is 6.18 Å². The van der Waals surface area contributed by atoms with Crippen LogP contribution in [0.25, 0.3) is 0 Å². The van der Waals surface area contributed by atoms with Crippen molar-refractivity contribution in [3.63, 3.8) is 0 Å². The summed E-state index contributed by atoms with van der Waals surface area (Å²) in [5.41, 5.74) is 4.55. The van der Waals surface area contributed by atoms with Crippen LogP contribution in [-0.4, -0.2) is 19.1 Å². The molecule has 0 heterocycles.